The molecule has 2 heterocycles. The van der Waals surface area contributed by atoms with Crippen molar-refractivity contribution in [2.24, 2.45) is 0 Å². The van der Waals surface area contributed by atoms with Crippen molar-refractivity contribution in [3.63, 3.8) is 0 Å². The van der Waals surface area contributed by atoms with E-state index in [4.69, 9.17) is 0 Å². The number of rotatable bonds is 6. The minimum Gasteiger partial charge on any atom is -0.480 e. The first-order valence-corrected chi connectivity index (χ1v) is 9.99. The maximum Gasteiger partial charge on any atom is 0.335 e. The summed E-state index contributed by atoms with van der Waals surface area (Å²) in [4.78, 5) is 28.0. The fraction of sp³-hybridized carbons (Fsp3) is 0.304. The van der Waals surface area contributed by atoms with Gasteiger partial charge in [-0.3, -0.25) is 9.69 Å². The molecule has 1 fully saturated rings. The van der Waals surface area contributed by atoms with E-state index in [9.17, 15) is 19.8 Å². The Morgan fingerprint density at radius 2 is 1.70 bits per heavy atom. The number of piperazine rings is 1. The molecule has 0 bridgehead atoms. The summed E-state index contributed by atoms with van der Waals surface area (Å²) in [7, 11) is 2.03. The van der Waals surface area contributed by atoms with Crippen LogP contribution in [0.25, 0.3) is 10.9 Å². The monoisotopic (exact) mass is 407 g/mol. The molecule has 7 heteroatoms. The van der Waals surface area contributed by atoms with Crippen LogP contribution in [0.3, 0.4) is 0 Å². The minimum absolute atomic E-state index is 0.188. The summed E-state index contributed by atoms with van der Waals surface area (Å²) >= 11 is 0. The van der Waals surface area contributed by atoms with Gasteiger partial charge in [0.15, 0.2) is 0 Å². The summed E-state index contributed by atoms with van der Waals surface area (Å²) in [5.74, 6) is -1.89. The molecule has 1 aliphatic rings. The van der Waals surface area contributed by atoms with Crippen LogP contribution in [-0.2, 0) is 11.3 Å². The third kappa shape index (κ3) is 3.94. The van der Waals surface area contributed by atoms with E-state index in [1.54, 1.807) is 18.2 Å². The van der Waals surface area contributed by atoms with Gasteiger partial charge in [-0.15, -0.1) is 0 Å². The summed E-state index contributed by atoms with van der Waals surface area (Å²) < 4.78 is 1.96. The lowest BCUT2D eigenvalue weighted by Gasteiger charge is -2.36. The Morgan fingerprint density at radius 3 is 2.33 bits per heavy atom. The number of hydrogen-bond donors (Lipinski definition) is 2. The molecule has 4 rings (SSSR count). The number of hydrogen-bond acceptors (Lipinski definition) is 4. The molecule has 1 saturated heterocycles. The van der Waals surface area contributed by atoms with Crippen molar-refractivity contribution in [2.75, 3.05) is 33.2 Å². The molecule has 2 N–H and O–H groups in total. The van der Waals surface area contributed by atoms with Gasteiger partial charge in [-0.1, -0.05) is 36.4 Å². The maximum atomic E-state index is 12.3. The molecule has 1 unspecified atom stereocenters. The molecule has 1 aromatic heterocycles. The highest BCUT2D eigenvalue weighted by Gasteiger charge is 2.32. The molecule has 0 aliphatic carbocycles. The first kappa shape index (κ1) is 20.1. The van der Waals surface area contributed by atoms with E-state index in [0.29, 0.717) is 25.2 Å². The van der Waals surface area contributed by atoms with E-state index < -0.39 is 18.0 Å². The van der Waals surface area contributed by atoms with Gasteiger partial charge in [-0.25, -0.2) is 4.79 Å². The summed E-state index contributed by atoms with van der Waals surface area (Å²) in [5, 5.41) is 20.3. The number of likely N-dealkylation sites (N-methyl/N-ethyl adjacent to an activating group) is 1. The van der Waals surface area contributed by atoms with Crippen LogP contribution in [-0.4, -0.2) is 69.7 Å². The van der Waals surface area contributed by atoms with E-state index in [1.165, 1.54) is 0 Å². The Labute approximate surface area is 174 Å². The van der Waals surface area contributed by atoms with Crippen LogP contribution in [0.1, 0.15) is 27.5 Å². The molecule has 3 aromatic rings. The summed E-state index contributed by atoms with van der Waals surface area (Å²) in [6.07, 6.45) is 1.88. The highest BCUT2D eigenvalue weighted by atomic mass is 16.4. The number of carboxylic acids is 2. The Bertz CT molecular complexity index is 1070. The van der Waals surface area contributed by atoms with Gasteiger partial charge in [0.2, 0.25) is 0 Å². The lowest BCUT2D eigenvalue weighted by molar-refractivity contribution is -0.144. The highest BCUT2D eigenvalue weighted by Crippen LogP contribution is 2.32. The predicted molar refractivity (Wildman–Crippen MR) is 114 cm³/mol. The smallest absolute Gasteiger partial charge is 0.335 e. The third-order valence-electron chi connectivity index (χ3n) is 5.79. The molecular formula is C23H25N3O4. The topological polar surface area (TPSA) is 86.0 Å². The van der Waals surface area contributed by atoms with Crippen molar-refractivity contribution in [3.05, 3.63) is 71.4 Å². The average Bonchev–Trinajstić information content (AvgIpc) is 3.07. The zero-order valence-electron chi connectivity index (χ0n) is 16.9. The summed E-state index contributed by atoms with van der Waals surface area (Å²) in [6, 6.07) is 14.0. The molecule has 0 radical (unpaired) electrons. The standard InChI is InChI=1S/C23H25N3O4/c1-24-9-11-25(12-10-24)21(23(29)30)19-15-26(14-16-5-3-2-4-6-16)20-13-17(22(27)28)7-8-18(19)20/h2-8,13,15,21H,9-12,14H2,1H3,(H,27,28)(H,29,30). The van der Waals surface area contributed by atoms with Crippen LogP contribution in [0.4, 0.5) is 0 Å². The molecular weight excluding hydrogens is 382 g/mol. The largest absolute Gasteiger partial charge is 0.480 e. The van der Waals surface area contributed by atoms with E-state index in [2.05, 4.69) is 4.90 Å². The molecule has 1 aliphatic heterocycles. The fourth-order valence-corrected chi connectivity index (χ4v) is 4.15. The Morgan fingerprint density at radius 1 is 1.00 bits per heavy atom. The van der Waals surface area contributed by atoms with Gasteiger partial charge in [0.05, 0.1) is 5.56 Å². The second-order valence-electron chi connectivity index (χ2n) is 7.82. The van der Waals surface area contributed by atoms with E-state index >= 15 is 0 Å². The molecule has 156 valence electrons. The number of aliphatic carboxylic acids is 1. The van der Waals surface area contributed by atoms with Crippen LogP contribution in [0.5, 0.6) is 0 Å². The van der Waals surface area contributed by atoms with E-state index in [1.807, 2.05) is 53.0 Å². The van der Waals surface area contributed by atoms with Crippen molar-refractivity contribution in [1.29, 1.82) is 0 Å². The van der Waals surface area contributed by atoms with Gasteiger partial charge in [0.25, 0.3) is 0 Å². The van der Waals surface area contributed by atoms with Crippen molar-refractivity contribution in [1.82, 2.24) is 14.4 Å². The molecule has 0 amide bonds. The molecule has 0 saturated carbocycles. The van der Waals surface area contributed by atoms with Gasteiger partial charge in [0, 0.05) is 55.4 Å². The first-order valence-electron chi connectivity index (χ1n) is 9.99. The van der Waals surface area contributed by atoms with Crippen LogP contribution in [0.2, 0.25) is 0 Å². The second-order valence-corrected chi connectivity index (χ2v) is 7.82. The Hall–Kier alpha value is -3.16. The Kier molecular flexibility index (Phi) is 5.57. The number of aromatic nitrogens is 1. The van der Waals surface area contributed by atoms with Crippen molar-refractivity contribution in [2.45, 2.75) is 12.6 Å². The normalized spacial score (nSPS) is 16.6. The number of fused-ring (bicyclic) bond motifs is 1. The molecule has 2 aromatic carbocycles. The first-order chi connectivity index (χ1) is 14.4. The van der Waals surface area contributed by atoms with Gasteiger partial charge < -0.3 is 19.7 Å². The van der Waals surface area contributed by atoms with Crippen molar-refractivity contribution < 1.29 is 19.8 Å². The van der Waals surface area contributed by atoms with Crippen LogP contribution in [0, 0.1) is 0 Å². The number of aromatic carboxylic acids is 1. The van der Waals surface area contributed by atoms with Gasteiger partial charge in [0.1, 0.15) is 6.04 Å². The van der Waals surface area contributed by atoms with Crippen LogP contribution in [0.15, 0.2) is 54.7 Å². The maximum absolute atomic E-state index is 12.3. The molecule has 7 nitrogen and oxygen atoms in total. The van der Waals surface area contributed by atoms with E-state index in [0.717, 1.165) is 29.6 Å². The zero-order chi connectivity index (χ0) is 21.3. The number of nitrogens with zero attached hydrogens (tertiary/aromatic N) is 3. The highest BCUT2D eigenvalue weighted by molar-refractivity contribution is 5.96. The summed E-state index contributed by atoms with van der Waals surface area (Å²) in [5.41, 5.74) is 2.69. The second kappa shape index (κ2) is 8.30. The van der Waals surface area contributed by atoms with Gasteiger partial charge in [-0.2, -0.15) is 0 Å². The average molecular weight is 407 g/mol. The van der Waals surface area contributed by atoms with Crippen LogP contribution < -0.4 is 0 Å². The van der Waals surface area contributed by atoms with Crippen molar-refractivity contribution >= 4 is 22.8 Å². The molecule has 0 spiro atoms. The zero-order valence-corrected chi connectivity index (χ0v) is 16.9. The third-order valence-corrected chi connectivity index (χ3v) is 5.79. The number of carboxylic acid groups (broad SMARTS) is 2. The van der Waals surface area contributed by atoms with Gasteiger partial charge >= 0.3 is 11.9 Å². The lowest BCUT2D eigenvalue weighted by Crippen LogP contribution is -2.47. The Balaban J connectivity index is 1.82. The predicted octanol–water partition coefficient (Wildman–Crippen LogP) is 2.76. The fourth-order valence-electron chi connectivity index (χ4n) is 4.15. The lowest BCUT2D eigenvalue weighted by atomic mass is 10.0. The molecule has 1 atom stereocenters. The van der Waals surface area contributed by atoms with E-state index in [-0.39, 0.29) is 5.56 Å². The SMILES string of the molecule is CN1CCN(C(C(=O)O)c2cn(Cc3ccccc3)c3cc(C(=O)O)ccc23)CC1. The molecule has 30 heavy (non-hydrogen) atoms. The summed E-state index contributed by atoms with van der Waals surface area (Å²) in [6.45, 7) is 3.51. The van der Waals surface area contributed by atoms with Gasteiger partial charge in [-0.05, 0) is 24.7 Å². The van der Waals surface area contributed by atoms with Crippen LogP contribution >= 0.6 is 0 Å². The number of carbonyl (C=O) groups is 2. The van der Waals surface area contributed by atoms with Crippen molar-refractivity contribution in [3.8, 4) is 0 Å². The quantitative estimate of drug-likeness (QED) is 0.654. The minimum atomic E-state index is -1.00. The number of benzene rings is 2.